The van der Waals surface area contributed by atoms with Gasteiger partial charge in [0.1, 0.15) is 64.6 Å². The molecule has 1 fully saturated rings. The van der Waals surface area contributed by atoms with Crippen LogP contribution in [0, 0.1) is 0 Å². The van der Waals surface area contributed by atoms with E-state index in [2.05, 4.69) is 126 Å². The number of amides is 5. The third kappa shape index (κ3) is 49.9. The molecular weight excluding hydrogens is 2070 g/mol. The van der Waals surface area contributed by atoms with Gasteiger partial charge in [0.15, 0.2) is 9.84 Å². The average molecular weight is 2190 g/mol. The van der Waals surface area contributed by atoms with E-state index in [1.54, 1.807) is 120 Å². The fourth-order valence-electron chi connectivity index (χ4n) is 11.2. The highest BCUT2D eigenvalue weighted by atomic mass is 79.9. The second-order valence-electron chi connectivity index (χ2n) is 33.8. The Morgan fingerprint density at radius 3 is 1.03 bits per heavy atom. The van der Waals surface area contributed by atoms with Crippen LogP contribution in [-0.2, 0) is 115 Å². The number of hydrogen-bond donors (Lipinski definition) is 6. The lowest BCUT2D eigenvalue weighted by Gasteiger charge is -2.26. The SMILES string of the molecule is CC(C)(C)OC(=O)NC(Cc1ccc(Br)cc1)S(=O)(=O)c1ccccc1.CC(C)(C)OC(=O)N[C@@H](Cc1ccc(Br)cc1)[C@@H]1C=CC(=O)O1.CC(C)(C)OC(=O)N[C@@H](Cc1ccc(Br)cc1)[C@@H]1C=CC(=O)O1.CC(C)(C)OC(=O)N[C@@H](Cc1ccc(Br)cc1)[C@@H]1CCC(=O)O1.CC(C)(C)OC(N)=O.O=C1C=CCO1.O=CCc1ccc(Br)cc1.OCCc1ccc(Br)cc1. The van der Waals surface area contributed by atoms with Crippen molar-refractivity contribution in [3.05, 3.63) is 273 Å². The first-order valence-corrected chi connectivity index (χ1v) is 47.1. The van der Waals surface area contributed by atoms with Crippen LogP contribution in [0.4, 0.5) is 24.0 Å². The number of aliphatic hydroxyl groups is 1. The number of hydrogen-bond acceptors (Lipinski definition) is 22. The molecule has 34 heteroatoms. The first-order chi connectivity index (χ1) is 60.2. The molecule has 7 atom stereocenters. The molecule has 1 saturated heterocycles. The number of alkyl carbamates (subject to hydrolysis) is 4. The summed E-state index contributed by atoms with van der Waals surface area (Å²) in [6, 6.07) is 53.3. The molecule has 4 aliphatic heterocycles. The van der Waals surface area contributed by atoms with Gasteiger partial charge in [-0.2, -0.15) is 0 Å². The van der Waals surface area contributed by atoms with Crippen LogP contribution in [0.15, 0.2) is 244 Å². The standard InChI is InChI=1S/C19H22BrNO4S.C17H22BrNO4.2C17H20BrNO4.C8H9BrO.C8H7BrO.C5H11NO2.C4H4O2/c1-19(2,3)25-18(22)21-17(13-14-9-11-15(20)12-10-14)26(23,24)16-7-5-4-6-8-16;3*1-17(2,3)23-16(21)19-13(14-8-9-15(20)22-14)10-11-4-6-12(18)7-5-11;2*9-8-3-1-7(2-4-8)5-6-10;1-5(2,3)8-4(6)7;5-4-2-1-3-6-4/h4-12,17H,13H2,1-3H3,(H,21,22);4-7,13-14H,8-10H2,1-3H3,(H,19,21);2*4-9,13-14H,10H2,1-3H3,(H,19,21);1-4,10H,5-6H2;1-4,6H,5H2;1-3H3,(H2,6,7);1-2H,3H2/t;3*13-,14-;;;;/m.000..../s1. The Labute approximate surface area is 806 Å². The molecule has 0 radical (unpaired) electrons. The molecule has 5 amide bonds. The van der Waals surface area contributed by atoms with E-state index in [1.165, 1.54) is 35.9 Å². The molecule has 0 bridgehead atoms. The predicted octanol–water partition coefficient (Wildman–Crippen LogP) is 19.8. The number of primary amides is 1. The number of cyclic esters (lactones) is 4. The summed E-state index contributed by atoms with van der Waals surface area (Å²) in [6.07, 6.45) is 9.68. The molecule has 7 aromatic carbocycles. The van der Waals surface area contributed by atoms with Crippen LogP contribution in [0.2, 0.25) is 0 Å². The Hall–Kier alpha value is -9.55. The molecule has 27 nitrogen and oxygen atoms in total. The number of esters is 4. The molecule has 7 N–H and O–H groups in total. The topological polar surface area (TPSA) is 382 Å². The maximum absolute atomic E-state index is 13.0. The lowest BCUT2D eigenvalue weighted by Crippen LogP contribution is -2.46. The van der Waals surface area contributed by atoms with Crippen LogP contribution < -0.4 is 27.0 Å². The van der Waals surface area contributed by atoms with Gasteiger partial charge in [0.05, 0.1) is 23.0 Å². The van der Waals surface area contributed by atoms with E-state index in [4.69, 9.17) is 44.0 Å². The lowest BCUT2D eigenvalue weighted by molar-refractivity contribution is -0.142. The molecule has 1 unspecified atom stereocenters. The predicted molar refractivity (Wildman–Crippen MR) is 514 cm³/mol. The number of rotatable bonds is 21. The monoisotopic (exact) mass is 2180 g/mol. The van der Waals surface area contributed by atoms with Gasteiger partial charge in [-0.15, -0.1) is 0 Å². The molecule has 7 aromatic rings. The fraction of sp³-hybridized carbons (Fsp3) is 0.389. The highest BCUT2D eigenvalue weighted by molar-refractivity contribution is 9.11. The van der Waals surface area contributed by atoms with Crippen molar-refractivity contribution in [3.63, 3.8) is 0 Å². The Bertz CT molecular complexity index is 4830. The van der Waals surface area contributed by atoms with Gasteiger partial charge in [-0.1, -0.05) is 187 Å². The first kappa shape index (κ1) is 112. The van der Waals surface area contributed by atoms with Gasteiger partial charge in [0.2, 0.25) is 0 Å². The second kappa shape index (κ2) is 54.9. The third-order valence-electron chi connectivity index (χ3n) is 16.7. The van der Waals surface area contributed by atoms with Crippen LogP contribution in [0.25, 0.3) is 0 Å². The van der Waals surface area contributed by atoms with Gasteiger partial charge in [0, 0.05) is 70.9 Å². The number of carbonyl (C=O) groups excluding carboxylic acids is 10. The summed E-state index contributed by atoms with van der Waals surface area (Å²) < 4.78 is 77.9. The molecule has 0 aromatic heterocycles. The van der Waals surface area contributed by atoms with Crippen LogP contribution in [0.1, 0.15) is 150 Å². The molecule has 700 valence electrons. The van der Waals surface area contributed by atoms with Crippen molar-refractivity contribution in [2.45, 2.75) is 230 Å². The van der Waals surface area contributed by atoms with Crippen molar-refractivity contribution < 1.29 is 104 Å². The Kier molecular flexibility index (Phi) is 47.6. The van der Waals surface area contributed by atoms with Gasteiger partial charge in [-0.25, -0.2) is 46.8 Å². The summed E-state index contributed by atoms with van der Waals surface area (Å²) in [6.45, 7) is 27.4. The number of benzene rings is 7. The number of halogens is 6. The van der Waals surface area contributed by atoms with E-state index in [9.17, 15) is 56.4 Å². The zero-order valence-electron chi connectivity index (χ0n) is 74.7. The summed E-state index contributed by atoms with van der Waals surface area (Å²) in [7, 11) is -3.78. The Morgan fingerprint density at radius 1 is 0.434 bits per heavy atom. The van der Waals surface area contributed by atoms with E-state index in [-0.39, 0.29) is 42.0 Å². The van der Waals surface area contributed by atoms with E-state index in [0.29, 0.717) is 45.1 Å². The normalized spacial score (nSPS) is 15.6. The molecule has 4 aliphatic rings. The van der Waals surface area contributed by atoms with Crippen LogP contribution in [0.5, 0.6) is 0 Å². The lowest BCUT2D eigenvalue weighted by atomic mass is 9.99. The minimum absolute atomic E-state index is 0.129. The van der Waals surface area contributed by atoms with Crippen molar-refractivity contribution in [1.82, 2.24) is 21.3 Å². The fourth-order valence-corrected chi connectivity index (χ4v) is 14.3. The number of aliphatic hydroxyl groups excluding tert-OH is 1. The number of nitrogens with two attached hydrogens (primary N) is 1. The number of ether oxygens (including phenoxy) is 9. The minimum atomic E-state index is -3.78. The summed E-state index contributed by atoms with van der Waals surface area (Å²) in [4.78, 5) is 113. The first-order valence-electron chi connectivity index (χ1n) is 40.8. The number of sulfone groups is 1. The Morgan fingerprint density at radius 2 is 0.760 bits per heavy atom. The summed E-state index contributed by atoms with van der Waals surface area (Å²) >= 11 is 20.2. The smallest absolute Gasteiger partial charge is 0.408 e. The molecule has 4 heterocycles. The minimum Gasteiger partial charge on any atom is -0.460 e. The van der Waals surface area contributed by atoms with Crippen molar-refractivity contribution in [1.29, 1.82) is 0 Å². The van der Waals surface area contributed by atoms with Gasteiger partial charge >= 0.3 is 54.3 Å². The molecule has 0 aliphatic carbocycles. The van der Waals surface area contributed by atoms with Crippen molar-refractivity contribution in [2.24, 2.45) is 5.73 Å². The van der Waals surface area contributed by atoms with Gasteiger partial charge < -0.3 is 79.5 Å². The maximum atomic E-state index is 13.0. The summed E-state index contributed by atoms with van der Waals surface area (Å²) in [5, 5.41) is 18.4. The molecule has 0 saturated carbocycles. The molecule has 129 heavy (non-hydrogen) atoms. The second-order valence-corrected chi connectivity index (χ2v) is 41.4. The van der Waals surface area contributed by atoms with E-state index in [1.807, 2.05) is 166 Å². The van der Waals surface area contributed by atoms with Gasteiger partial charge in [-0.3, -0.25) is 4.79 Å². The zero-order valence-corrected chi connectivity index (χ0v) is 85.0. The van der Waals surface area contributed by atoms with Gasteiger partial charge in [0.25, 0.3) is 0 Å². The van der Waals surface area contributed by atoms with Crippen LogP contribution in [-0.4, -0.2) is 157 Å². The van der Waals surface area contributed by atoms with E-state index >= 15 is 0 Å². The average Bonchev–Trinajstić information content (AvgIpc) is 1.44. The number of nitrogens with one attached hydrogen (secondary N) is 4. The highest BCUT2D eigenvalue weighted by Crippen LogP contribution is 2.26. The van der Waals surface area contributed by atoms with Gasteiger partial charge in [-0.05, 0) is 272 Å². The maximum Gasteiger partial charge on any atom is 0.408 e. The van der Waals surface area contributed by atoms with Crippen molar-refractivity contribution >= 4 is 166 Å². The van der Waals surface area contributed by atoms with Crippen LogP contribution >= 0.6 is 95.6 Å². The number of aldehydes is 1. The summed E-state index contributed by atoms with van der Waals surface area (Å²) in [5.41, 5.74) is 7.90. The van der Waals surface area contributed by atoms with Crippen molar-refractivity contribution in [2.75, 3.05) is 13.2 Å². The third-order valence-corrected chi connectivity index (χ3v) is 21.8. The molecule has 11 rings (SSSR count). The van der Waals surface area contributed by atoms with Crippen molar-refractivity contribution in [3.8, 4) is 0 Å². The molecule has 0 spiro atoms. The molecular formula is C95H115Br6N5O22S. The quantitative estimate of drug-likeness (QED) is 0.0221. The number of carbonyl (C=O) groups is 10. The van der Waals surface area contributed by atoms with E-state index in [0.717, 1.165) is 67.4 Å². The summed E-state index contributed by atoms with van der Waals surface area (Å²) in [5.74, 6) is -1.25. The Balaban J connectivity index is 0.000000321. The van der Waals surface area contributed by atoms with Crippen LogP contribution in [0.3, 0.4) is 0 Å². The highest BCUT2D eigenvalue weighted by Gasteiger charge is 2.36. The zero-order chi connectivity index (χ0) is 96.5. The van der Waals surface area contributed by atoms with E-state index < -0.39 is 110 Å². The largest absolute Gasteiger partial charge is 0.460 e.